The molecule has 6 heteroatoms. The number of anilines is 1. The summed E-state index contributed by atoms with van der Waals surface area (Å²) in [4.78, 5) is 20.6. The van der Waals surface area contributed by atoms with Gasteiger partial charge in [0.05, 0.1) is 0 Å². The Balaban J connectivity index is 1.93. The van der Waals surface area contributed by atoms with Crippen molar-refractivity contribution in [2.45, 2.75) is 25.3 Å². The number of hydrogen-bond acceptors (Lipinski definition) is 5. The maximum atomic E-state index is 12.4. The van der Waals surface area contributed by atoms with Gasteiger partial charge in [0.2, 0.25) is 5.95 Å². The van der Waals surface area contributed by atoms with Gasteiger partial charge in [0, 0.05) is 30.1 Å². The van der Waals surface area contributed by atoms with Gasteiger partial charge in [-0.15, -0.1) is 0 Å². The zero-order valence-corrected chi connectivity index (χ0v) is 10.8. The smallest absolute Gasteiger partial charge is 0.226 e. The second-order valence-corrected chi connectivity index (χ2v) is 5.01. The SMILES string of the molecule is O=C1CCCC2=C1[C@@H](c1ccncc1)n1ncnc1N2. The number of ketones is 1. The summed E-state index contributed by atoms with van der Waals surface area (Å²) < 4.78 is 1.78. The summed E-state index contributed by atoms with van der Waals surface area (Å²) in [5.74, 6) is 0.891. The van der Waals surface area contributed by atoms with E-state index in [0.717, 1.165) is 29.7 Å². The third-order valence-corrected chi connectivity index (χ3v) is 3.83. The molecule has 6 nitrogen and oxygen atoms in total. The Labute approximate surface area is 115 Å². The summed E-state index contributed by atoms with van der Waals surface area (Å²) >= 11 is 0. The van der Waals surface area contributed by atoms with Gasteiger partial charge in [0.1, 0.15) is 12.4 Å². The van der Waals surface area contributed by atoms with Crippen molar-refractivity contribution in [3.8, 4) is 0 Å². The van der Waals surface area contributed by atoms with Crippen LogP contribution in [0.5, 0.6) is 0 Å². The molecule has 0 unspecified atom stereocenters. The van der Waals surface area contributed by atoms with E-state index in [1.807, 2.05) is 12.1 Å². The van der Waals surface area contributed by atoms with Crippen LogP contribution < -0.4 is 5.32 Å². The zero-order valence-electron chi connectivity index (χ0n) is 10.8. The predicted molar refractivity (Wildman–Crippen MR) is 71.9 cm³/mol. The molecule has 2 aromatic heterocycles. The molecule has 4 rings (SSSR count). The van der Waals surface area contributed by atoms with Crippen molar-refractivity contribution in [3.63, 3.8) is 0 Å². The molecule has 20 heavy (non-hydrogen) atoms. The molecule has 0 radical (unpaired) electrons. The van der Waals surface area contributed by atoms with Crippen LogP contribution in [0.1, 0.15) is 30.9 Å². The lowest BCUT2D eigenvalue weighted by atomic mass is 9.86. The number of Topliss-reactive ketones (excluding diaryl/α,β-unsaturated/α-hetero) is 1. The van der Waals surface area contributed by atoms with E-state index in [-0.39, 0.29) is 11.8 Å². The van der Waals surface area contributed by atoms with E-state index in [9.17, 15) is 4.79 Å². The van der Waals surface area contributed by atoms with Crippen molar-refractivity contribution in [2.24, 2.45) is 0 Å². The molecule has 0 aromatic carbocycles. The lowest BCUT2D eigenvalue weighted by Gasteiger charge is -2.32. The second-order valence-electron chi connectivity index (χ2n) is 5.01. The van der Waals surface area contributed by atoms with Crippen LogP contribution in [-0.2, 0) is 4.79 Å². The summed E-state index contributed by atoms with van der Waals surface area (Å²) in [5, 5.41) is 7.52. The number of hydrogen-bond donors (Lipinski definition) is 1. The third kappa shape index (κ3) is 1.57. The fourth-order valence-corrected chi connectivity index (χ4v) is 2.95. The lowest BCUT2D eigenvalue weighted by Crippen LogP contribution is -2.31. The van der Waals surface area contributed by atoms with Crippen LogP contribution in [-0.4, -0.2) is 25.5 Å². The molecule has 0 fully saturated rings. The molecule has 1 atom stereocenters. The van der Waals surface area contributed by atoms with Crippen molar-refractivity contribution in [3.05, 3.63) is 47.7 Å². The van der Waals surface area contributed by atoms with Gasteiger partial charge in [-0.3, -0.25) is 9.78 Å². The van der Waals surface area contributed by atoms with Gasteiger partial charge in [-0.25, -0.2) is 4.68 Å². The Morgan fingerprint density at radius 1 is 1.25 bits per heavy atom. The summed E-state index contributed by atoms with van der Waals surface area (Å²) in [5.41, 5.74) is 2.82. The summed E-state index contributed by atoms with van der Waals surface area (Å²) in [6.45, 7) is 0. The molecule has 1 aliphatic heterocycles. The molecule has 2 aliphatic rings. The topological polar surface area (TPSA) is 72.7 Å². The fraction of sp³-hybridized carbons (Fsp3) is 0.286. The maximum absolute atomic E-state index is 12.4. The second kappa shape index (κ2) is 4.26. The predicted octanol–water partition coefficient (Wildman–Crippen LogP) is 1.70. The Morgan fingerprint density at radius 3 is 2.95 bits per heavy atom. The minimum atomic E-state index is -0.195. The largest absolute Gasteiger partial charge is 0.328 e. The first kappa shape index (κ1) is 11.3. The van der Waals surface area contributed by atoms with E-state index >= 15 is 0 Å². The highest BCUT2D eigenvalue weighted by Gasteiger charge is 2.35. The first-order valence-electron chi connectivity index (χ1n) is 6.67. The molecule has 100 valence electrons. The molecule has 0 saturated carbocycles. The minimum absolute atomic E-state index is 0.195. The highest BCUT2D eigenvalue weighted by molar-refractivity contribution is 5.99. The van der Waals surface area contributed by atoms with Crippen molar-refractivity contribution in [1.82, 2.24) is 19.7 Å². The number of fused-ring (bicyclic) bond motifs is 1. The van der Waals surface area contributed by atoms with Gasteiger partial charge in [0.25, 0.3) is 0 Å². The number of rotatable bonds is 1. The van der Waals surface area contributed by atoms with Crippen molar-refractivity contribution < 1.29 is 4.79 Å². The summed E-state index contributed by atoms with van der Waals surface area (Å²) in [6.07, 6.45) is 7.37. The Morgan fingerprint density at radius 2 is 2.10 bits per heavy atom. The summed E-state index contributed by atoms with van der Waals surface area (Å²) in [7, 11) is 0. The van der Waals surface area contributed by atoms with Crippen LogP contribution in [0, 0.1) is 0 Å². The molecule has 0 bridgehead atoms. The van der Waals surface area contributed by atoms with Crippen LogP contribution in [0.4, 0.5) is 5.95 Å². The zero-order chi connectivity index (χ0) is 13.5. The standard InChI is InChI=1S/C14H13N5O/c20-11-3-1-2-10-12(11)13(9-4-6-15-7-5-9)19-14(18-10)16-8-17-19/h4-8,13H,1-3H2,(H,16,17,18)/t13-/m1/s1. The molecule has 3 heterocycles. The Kier molecular flexibility index (Phi) is 2.42. The van der Waals surface area contributed by atoms with E-state index in [0.29, 0.717) is 12.4 Å². The van der Waals surface area contributed by atoms with Gasteiger partial charge in [0.15, 0.2) is 5.78 Å². The van der Waals surface area contributed by atoms with Crippen molar-refractivity contribution in [1.29, 1.82) is 0 Å². The van der Waals surface area contributed by atoms with Gasteiger partial charge in [-0.1, -0.05) is 0 Å². The minimum Gasteiger partial charge on any atom is -0.328 e. The average Bonchev–Trinajstić information content (AvgIpc) is 2.94. The quantitative estimate of drug-likeness (QED) is 0.851. The first-order valence-corrected chi connectivity index (χ1v) is 6.67. The number of allylic oxidation sites excluding steroid dienone is 2. The van der Waals surface area contributed by atoms with E-state index in [4.69, 9.17) is 0 Å². The number of carbonyl (C=O) groups is 1. The number of nitrogens with zero attached hydrogens (tertiary/aromatic N) is 4. The fourth-order valence-electron chi connectivity index (χ4n) is 2.95. The van der Waals surface area contributed by atoms with Crippen molar-refractivity contribution >= 4 is 11.7 Å². The van der Waals surface area contributed by atoms with Crippen LogP contribution in [0.3, 0.4) is 0 Å². The highest BCUT2D eigenvalue weighted by Crippen LogP contribution is 2.39. The van der Waals surface area contributed by atoms with Crippen LogP contribution >= 0.6 is 0 Å². The molecule has 0 spiro atoms. The van der Waals surface area contributed by atoms with Crippen molar-refractivity contribution in [2.75, 3.05) is 5.32 Å². The van der Waals surface area contributed by atoms with Gasteiger partial charge < -0.3 is 5.32 Å². The van der Waals surface area contributed by atoms with E-state index in [1.165, 1.54) is 6.33 Å². The molecule has 1 N–H and O–H groups in total. The Hall–Kier alpha value is -2.50. The molecule has 1 aliphatic carbocycles. The molecule has 0 amide bonds. The molecule has 0 saturated heterocycles. The average molecular weight is 267 g/mol. The normalized spacial score (nSPS) is 21.2. The van der Waals surface area contributed by atoms with Gasteiger partial charge >= 0.3 is 0 Å². The Bertz CT molecular complexity index is 703. The number of aromatic nitrogens is 4. The molecular weight excluding hydrogens is 254 g/mol. The van der Waals surface area contributed by atoms with Crippen LogP contribution in [0.2, 0.25) is 0 Å². The summed E-state index contributed by atoms with van der Waals surface area (Å²) in [6, 6.07) is 3.65. The number of pyridine rings is 1. The lowest BCUT2D eigenvalue weighted by molar-refractivity contribution is -0.116. The maximum Gasteiger partial charge on any atom is 0.226 e. The third-order valence-electron chi connectivity index (χ3n) is 3.83. The van der Waals surface area contributed by atoms with Gasteiger partial charge in [-0.05, 0) is 30.5 Å². The molecule has 2 aromatic rings. The molecular formula is C14H13N5O. The van der Waals surface area contributed by atoms with E-state index < -0.39 is 0 Å². The van der Waals surface area contributed by atoms with Gasteiger partial charge in [-0.2, -0.15) is 10.1 Å². The van der Waals surface area contributed by atoms with Crippen LogP contribution in [0.25, 0.3) is 0 Å². The van der Waals surface area contributed by atoms with E-state index in [2.05, 4.69) is 20.4 Å². The number of nitrogens with one attached hydrogen (secondary N) is 1. The monoisotopic (exact) mass is 267 g/mol. The van der Waals surface area contributed by atoms with Crippen LogP contribution in [0.15, 0.2) is 42.1 Å². The van der Waals surface area contributed by atoms with E-state index in [1.54, 1.807) is 17.1 Å². The number of carbonyl (C=O) groups excluding carboxylic acids is 1. The highest BCUT2D eigenvalue weighted by atomic mass is 16.1. The first-order chi connectivity index (χ1) is 9.84.